The fourth-order valence-corrected chi connectivity index (χ4v) is 2.51. The van der Waals surface area contributed by atoms with Gasteiger partial charge in [0.05, 0.1) is 5.71 Å². The molecule has 1 heterocycles. The van der Waals surface area contributed by atoms with Gasteiger partial charge in [-0.15, -0.1) is 0 Å². The average molecular weight is 211 g/mol. The molecular weight excluding hydrogens is 194 g/mol. The number of carboxylic acids is 1. The fourth-order valence-electron chi connectivity index (χ4n) is 2.51. The van der Waals surface area contributed by atoms with Gasteiger partial charge in [-0.05, 0) is 18.8 Å². The molecule has 0 radical (unpaired) electrons. The second-order valence-corrected chi connectivity index (χ2v) is 4.69. The van der Waals surface area contributed by atoms with E-state index in [1.165, 1.54) is 12.8 Å². The molecule has 1 aliphatic heterocycles. The van der Waals surface area contributed by atoms with E-state index in [2.05, 4.69) is 12.1 Å². The molecule has 0 saturated heterocycles. The fraction of sp³-hybridized carbons (Fsp3) is 0.818. The minimum Gasteiger partial charge on any atom is -0.478 e. The van der Waals surface area contributed by atoms with Gasteiger partial charge in [-0.2, -0.15) is 0 Å². The lowest BCUT2D eigenvalue weighted by molar-refractivity contribution is -0.148. The highest BCUT2D eigenvalue weighted by atomic mass is 16.7. The van der Waals surface area contributed by atoms with Gasteiger partial charge in [-0.1, -0.05) is 24.9 Å². The van der Waals surface area contributed by atoms with E-state index in [4.69, 9.17) is 9.94 Å². The summed E-state index contributed by atoms with van der Waals surface area (Å²) in [6.07, 6.45) is 4.52. The zero-order valence-corrected chi connectivity index (χ0v) is 8.98. The summed E-state index contributed by atoms with van der Waals surface area (Å²) in [7, 11) is 0. The molecular formula is C11H17NO3. The third-order valence-electron chi connectivity index (χ3n) is 3.37. The number of rotatable bonds is 2. The largest absolute Gasteiger partial charge is 0.478 e. The van der Waals surface area contributed by atoms with Crippen LogP contribution in [0.2, 0.25) is 0 Å². The number of aliphatic carboxylic acids is 1. The van der Waals surface area contributed by atoms with E-state index < -0.39 is 12.1 Å². The van der Waals surface area contributed by atoms with Crippen molar-refractivity contribution in [2.75, 3.05) is 0 Å². The van der Waals surface area contributed by atoms with E-state index >= 15 is 0 Å². The van der Waals surface area contributed by atoms with Gasteiger partial charge in [0.1, 0.15) is 0 Å². The summed E-state index contributed by atoms with van der Waals surface area (Å²) in [6.45, 7) is 2.25. The van der Waals surface area contributed by atoms with Crippen LogP contribution in [0, 0.1) is 11.8 Å². The molecule has 0 spiro atoms. The molecule has 3 atom stereocenters. The molecule has 0 bridgehead atoms. The van der Waals surface area contributed by atoms with E-state index in [0.29, 0.717) is 12.3 Å². The molecule has 0 aromatic heterocycles. The quantitative estimate of drug-likeness (QED) is 0.760. The van der Waals surface area contributed by atoms with E-state index in [9.17, 15) is 4.79 Å². The lowest BCUT2D eigenvalue weighted by Gasteiger charge is -2.25. The Hall–Kier alpha value is -1.06. The van der Waals surface area contributed by atoms with Crippen LogP contribution in [-0.2, 0) is 9.63 Å². The summed E-state index contributed by atoms with van der Waals surface area (Å²) in [5.74, 6) is 0.283. The summed E-state index contributed by atoms with van der Waals surface area (Å²) in [6, 6.07) is 0. The van der Waals surface area contributed by atoms with Crippen molar-refractivity contribution in [2.45, 2.75) is 45.1 Å². The first-order chi connectivity index (χ1) is 7.16. The Morgan fingerprint density at radius 2 is 2.33 bits per heavy atom. The van der Waals surface area contributed by atoms with Crippen LogP contribution in [0.25, 0.3) is 0 Å². The monoisotopic (exact) mass is 211 g/mol. The third kappa shape index (κ3) is 2.30. The van der Waals surface area contributed by atoms with Gasteiger partial charge in [-0.25, -0.2) is 4.79 Å². The summed E-state index contributed by atoms with van der Waals surface area (Å²) >= 11 is 0. The van der Waals surface area contributed by atoms with Crippen molar-refractivity contribution in [3.63, 3.8) is 0 Å². The molecule has 2 aliphatic rings. The number of hydrogen-bond donors (Lipinski definition) is 1. The van der Waals surface area contributed by atoms with Crippen molar-refractivity contribution in [1.29, 1.82) is 0 Å². The molecule has 0 aromatic carbocycles. The second-order valence-electron chi connectivity index (χ2n) is 4.69. The lowest BCUT2D eigenvalue weighted by atomic mass is 9.79. The van der Waals surface area contributed by atoms with Crippen LogP contribution < -0.4 is 0 Å². The van der Waals surface area contributed by atoms with Crippen LogP contribution in [0.15, 0.2) is 5.16 Å². The van der Waals surface area contributed by atoms with Crippen molar-refractivity contribution < 1.29 is 14.7 Å². The van der Waals surface area contributed by atoms with E-state index in [-0.39, 0.29) is 0 Å². The summed E-state index contributed by atoms with van der Waals surface area (Å²) in [5.41, 5.74) is 0.967. The normalized spacial score (nSPS) is 35.8. The van der Waals surface area contributed by atoms with Crippen molar-refractivity contribution in [3.05, 3.63) is 0 Å². The number of hydrogen-bond acceptors (Lipinski definition) is 3. The average Bonchev–Trinajstić information content (AvgIpc) is 2.66. The highest BCUT2D eigenvalue weighted by molar-refractivity contribution is 5.92. The summed E-state index contributed by atoms with van der Waals surface area (Å²) < 4.78 is 0. The maximum Gasteiger partial charge on any atom is 0.348 e. The molecule has 1 saturated carbocycles. The standard InChI is InChI=1S/C11H17NO3/c1-7-3-2-4-8(5-7)9-6-10(11(13)14)15-12-9/h7-8,10H,2-6H2,1H3,(H,13,14)/t7-,8+,10-/m0/s1. The molecule has 15 heavy (non-hydrogen) atoms. The van der Waals surface area contributed by atoms with Crippen LogP contribution in [0.3, 0.4) is 0 Å². The number of oxime groups is 1. The molecule has 0 aromatic rings. The minimum absolute atomic E-state index is 0.457. The highest BCUT2D eigenvalue weighted by Crippen LogP contribution is 2.32. The van der Waals surface area contributed by atoms with E-state index in [0.717, 1.165) is 24.5 Å². The smallest absolute Gasteiger partial charge is 0.348 e. The topological polar surface area (TPSA) is 58.9 Å². The Morgan fingerprint density at radius 3 is 2.93 bits per heavy atom. The first-order valence-electron chi connectivity index (χ1n) is 5.62. The minimum atomic E-state index is -0.905. The Balaban J connectivity index is 1.92. The molecule has 0 amide bonds. The molecule has 4 heteroatoms. The number of carbonyl (C=O) groups is 1. The summed E-state index contributed by atoms with van der Waals surface area (Å²) in [5, 5.41) is 12.7. The van der Waals surface area contributed by atoms with Crippen molar-refractivity contribution in [1.82, 2.24) is 0 Å². The van der Waals surface area contributed by atoms with Gasteiger partial charge in [0.15, 0.2) is 0 Å². The molecule has 2 rings (SSSR count). The van der Waals surface area contributed by atoms with Crippen LogP contribution >= 0.6 is 0 Å². The predicted octanol–water partition coefficient (Wildman–Crippen LogP) is 2.04. The summed E-state index contributed by atoms with van der Waals surface area (Å²) in [4.78, 5) is 15.6. The Bertz CT molecular complexity index is 288. The van der Waals surface area contributed by atoms with Crippen LogP contribution in [0.1, 0.15) is 39.0 Å². The molecule has 0 unspecified atom stereocenters. The first-order valence-corrected chi connectivity index (χ1v) is 5.62. The van der Waals surface area contributed by atoms with Gasteiger partial charge >= 0.3 is 5.97 Å². The number of nitrogens with zero attached hydrogens (tertiary/aromatic N) is 1. The van der Waals surface area contributed by atoms with Crippen LogP contribution in [0.5, 0.6) is 0 Å². The molecule has 4 nitrogen and oxygen atoms in total. The molecule has 1 fully saturated rings. The lowest BCUT2D eigenvalue weighted by Crippen LogP contribution is -2.25. The second kappa shape index (κ2) is 4.21. The van der Waals surface area contributed by atoms with Crippen molar-refractivity contribution in [3.8, 4) is 0 Å². The van der Waals surface area contributed by atoms with Gasteiger partial charge in [0.25, 0.3) is 0 Å². The first kappa shape index (κ1) is 10.5. The Kier molecular flexibility index (Phi) is 2.93. The van der Waals surface area contributed by atoms with Gasteiger partial charge in [-0.3, -0.25) is 0 Å². The van der Waals surface area contributed by atoms with Crippen LogP contribution in [-0.4, -0.2) is 22.9 Å². The zero-order chi connectivity index (χ0) is 10.8. The van der Waals surface area contributed by atoms with Crippen molar-refractivity contribution >= 4 is 11.7 Å². The van der Waals surface area contributed by atoms with E-state index in [1.807, 2.05) is 0 Å². The predicted molar refractivity (Wildman–Crippen MR) is 55.7 cm³/mol. The van der Waals surface area contributed by atoms with Gasteiger partial charge in [0, 0.05) is 12.3 Å². The zero-order valence-electron chi connectivity index (χ0n) is 8.98. The maximum atomic E-state index is 10.7. The number of carboxylic acid groups (broad SMARTS) is 1. The Labute approximate surface area is 89.3 Å². The molecule has 1 N–H and O–H groups in total. The highest BCUT2D eigenvalue weighted by Gasteiger charge is 2.33. The molecule has 84 valence electrons. The van der Waals surface area contributed by atoms with E-state index in [1.54, 1.807) is 0 Å². The van der Waals surface area contributed by atoms with Crippen LogP contribution in [0.4, 0.5) is 0 Å². The van der Waals surface area contributed by atoms with Gasteiger partial charge < -0.3 is 9.94 Å². The van der Waals surface area contributed by atoms with Crippen molar-refractivity contribution in [2.24, 2.45) is 17.0 Å². The Morgan fingerprint density at radius 1 is 1.53 bits per heavy atom. The maximum absolute atomic E-state index is 10.7. The molecule has 1 aliphatic carbocycles. The SMILES string of the molecule is C[C@H]1CCC[C@@H](C2=NO[C@H](C(=O)O)C2)C1. The third-order valence-corrected chi connectivity index (χ3v) is 3.37. The van der Waals surface area contributed by atoms with Gasteiger partial charge in [0.2, 0.25) is 6.10 Å².